The summed E-state index contributed by atoms with van der Waals surface area (Å²) in [6.45, 7) is 8.74. The molecule has 0 aromatic heterocycles. The maximum absolute atomic E-state index is 14.0. The molecule has 1 aromatic carbocycles. The van der Waals surface area contributed by atoms with Gasteiger partial charge in [-0.3, -0.25) is 15.0 Å². The number of likely N-dealkylation sites (tertiary alicyclic amines) is 2. The van der Waals surface area contributed by atoms with E-state index in [0.29, 0.717) is 24.7 Å². The van der Waals surface area contributed by atoms with Gasteiger partial charge in [-0.05, 0) is 39.7 Å². The molecule has 0 spiro atoms. The summed E-state index contributed by atoms with van der Waals surface area (Å²) in [6.07, 6.45) is 1.43. The predicted molar refractivity (Wildman–Crippen MR) is 104 cm³/mol. The first-order valence-corrected chi connectivity index (χ1v) is 9.89. The molecular formula is C20H28FN3O5. The molecular weight excluding hydrogens is 381 g/mol. The molecule has 0 unspecified atom stereocenters. The van der Waals surface area contributed by atoms with Crippen LogP contribution in [0.15, 0.2) is 18.2 Å². The highest BCUT2D eigenvalue weighted by molar-refractivity contribution is 5.69. The molecule has 1 amide bonds. The Morgan fingerprint density at radius 2 is 1.93 bits per heavy atom. The van der Waals surface area contributed by atoms with Crippen LogP contribution >= 0.6 is 0 Å². The summed E-state index contributed by atoms with van der Waals surface area (Å²) in [4.78, 5) is 26.2. The van der Waals surface area contributed by atoms with Crippen LogP contribution in [0.5, 0.6) is 0 Å². The number of benzene rings is 1. The predicted octanol–water partition coefficient (Wildman–Crippen LogP) is 3.33. The Kier molecular flexibility index (Phi) is 6.38. The second kappa shape index (κ2) is 8.62. The van der Waals surface area contributed by atoms with Crippen molar-refractivity contribution in [1.82, 2.24) is 9.80 Å². The van der Waals surface area contributed by atoms with Crippen LogP contribution in [0.3, 0.4) is 0 Å². The lowest BCUT2D eigenvalue weighted by molar-refractivity contribution is -0.385. The SMILES string of the molecule is CC(C)(C)OC(=O)N1CC(N2CCC(OCc3ccc([N+](=O)[O-])cc3F)CC2)C1. The first kappa shape index (κ1) is 21.4. The van der Waals surface area contributed by atoms with E-state index in [9.17, 15) is 19.3 Å². The van der Waals surface area contributed by atoms with E-state index in [2.05, 4.69) is 4.90 Å². The maximum Gasteiger partial charge on any atom is 0.410 e. The number of nitrogens with zero attached hydrogens (tertiary/aromatic N) is 3. The molecule has 1 aromatic rings. The maximum atomic E-state index is 14.0. The Bertz CT molecular complexity index is 753. The lowest BCUT2D eigenvalue weighted by Crippen LogP contribution is -2.63. The van der Waals surface area contributed by atoms with E-state index in [0.717, 1.165) is 32.0 Å². The van der Waals surface area contributed by atoms with Gasteiger partial charge in [-0.25, -0.2) is 9.18 Å². The topological polar surface area (TPSA) is 85.2 Å². The normalized spacial score (nSPS) is 19.1. The van der Waals surface area contributed by atoms with Crippen LogP contribution in [0.1, 0.15) is 39.2 Å². The summed E-state index contributed by atoms with van der Waals surface area (Å²) in [5, 5.41) is 10.7. The van der Waals surface area contributed by atoms with E-state index in [1.165, 1.54) is 12.1 Å². The van der Waals surface area contributed by atoms with Gasteiger partial charge in [0.2, 0.25) is 0 Å². The quantitative estimate of drug-likeness (QED) is 0.548. The molecule has 3 rings (SSSR count). The average Bonchev–Trinajstić information content (AvgIpc) is 2.59. The molecule has 29 heavy (non-hydrogen) atoms. The molecule has 0 radical (unpaired) electrons. The number of non-ortho nitro benzene ring substituents is 1. The number of piperidine rings is 1. The largest absolute Gasteiger partial charge is 0.444 e. The second-order valence-corrected chi connectivity index (χ2v) is 8.62. The van der Waals surface area contributed by atoms with Crippen molar-refractivity contribution >= 4 is 11.8 Å². The van der Waals surface area contributed by atoms with Gasteiger partial charge in [0, 0.05) is 43.9 Å². The Morgan fingerprint density at radius 3 is 2.48 bits per heavy atom. The number of rotatable bonds is 5. The lowest BCUT2D eigenvalue weighted by atomic mass is 10.0. The van der Waals surface area contributed by atoms with Crippen LogP contribution in [0.4, 0.5) is 14.9 Å². The van der Waals surface area contributed by atoms with Gasteiger partial charge in [0.05, 0.1) is 23.7 Å². The van der Waals surface area contributed by atoms with Crippen LogP contribution in [-0.4, -0.2) is 64.7 Å². The molecule has 0 aliphatic carbocycles. The number of hydrogen-bond donors (Lipinski definition) is 0. The molecule has 0 bridgehead atoms. The van der Waals surface area contributed by atoms with E-state index in [1.807, 2.05) is 20.8 Å². The van der Waals surface area contributed by atoms with Gasteiger partial charge < -0.3 is 14.4 Å². The average molecular weight is 409 g/mol. The Balaban J connectivity index is 1.38. The summed E-state index contributed by atoms with van der Waals surface area (Å²) in [5.74, 6) is -0.617. The number of carbonyl (C=O) groups is 1. The number of nitro groups is 1. The van der Waals surface area contributed by atoms with Crippen molar-refractivity contribution in [1.29, 1.82) is 0 Å². The third-order valence-corrected chi connectivity index (χ3v) is 5.23. The monoisotopic (exact) mass is 409 g/mol. The molecule has 160 valence electrons. The third-order valence-electron chi connectivity index (χ3n) is 5.23. The number of amides is 1. The van der Waals surface area contributed by atoms with Crippen LogP contribution in [0.25, 0.3) is 0 Å². The molecule has 0 saturated carbocycles. The minimum absolute atomic E-state index is 0.0304. The molecule has 2 aliphatic rings. The van der Waals surface area contributed by atoms with Crippen LogP contribution in [0, 0.1) is 15.9 Å². The minimum Gasteiger partial charge on any atom is -0.444 e. The van der Waals surface area contributed by atoms with Crippen molar-refractivity contribution in [3.8, 4) is 0 Å². The van der Waals surface area contributed by atoms with Crippen molar-refractivity contribution in [3.63, 3.8) is 0 Å². The number of hydrogen-bond acceptors (Lipinski definition) is 6. The molecule has 2 saturated heterocycles. The van der Waals surface area contributed by atoms with Gasteiger partial charge in [0.1, 0.15) is 11.4 Å². The van der Waals surface area contributed by atoms with Gasteiger partial charge in [-0.15, -0.1) is 0 Å². The smallest absolute Gasteiger partial charge is 0.410 e. The Labute approximate surface area is 169 Å². The van der Waals surface area contributed by atoms with Crippen LogP contribution in [-0.2, 0) is 16.1 Å². The molecule has 8 nitrogen and oxygen atoms in total. The van der Waals surface area contributed by atoms with Gasteiger partial charge >= 0.3 is 6.09 Å². The second-order valence-electron chi connectivity index (χ2n) is 8.62. The number of ether oxygens (including phenoxy) is 2. The first-order valence-electron chi connectivity index (χ1n) is 9.89. The zero-order valence-corrected chi connectivity index (χ0v) is 17.1. The summed E-state index contributed by atoms with van der Waals surface area (Å²) < 4.78 is 25.2. The number of carbonyl (C=O) groups excluding carboxylic acids is 1. The Hall–Kier alpha value is -2.26. The zero-order valence-electron chi connectivity index (χ0n) is 17.1. The van der Waals surface area contributed by atoms with Gasteiger partial charge in [0.25, 0.3) is 5.69 Å². The van der Waals surface area contributed by atoms with Crippen LogP contribution in [0.2, 0.25) is 0 Å². The number of nitro benzene ring substituents is 1. The third kappa shape index (κ3) is 5.63. The fourth-order valence-corrected chi connectivity index (χ4v) is 3.54. The molecule has 9 heteroatoms. The van der Waals surface area contributed by atoms with Crippen molar-refractivity contribution in [3.05, 3.63) is 39.7 Å². The van der Waals surface area contributed by atoms with Gasteiger partial charge in [-0.2, -0.15) is 0 Å². The number of halogens is 1. The lowest BCUT2D eigenvalue weighted by Gasteiger charge is -2.47. The van der Waals surface area contributed by atoms with E-state index in [-0.39, 0.29) is 24.5 Å². The highest BCUT2D eigenvalue weighted by atomic mass is 19.1. The fourth-order valence-electron chi connectivity index (χ4n) is 3.54. The van der Waals surface area contributed by atoms with Crippen molar-refractivity contribution in [2.75, 3.05) is 26.2 Å². The molecule has 2 heterocycles. The van der Waals surface area contributed by atoms with Crippen molar-refractivity contribution < 1.29 is 23.6 Å². The summed E-state index contributed by atoms with van der Waals surface area (Å²) in [5.41, 5.74) is -0.424. The zero-order chi connectivity index (χ0) is 21.2. The van der Waals surface area contributed by atoms with E-state index >= 15 is 0 Å². The molecule has 2 fully saturated rings. The minimum atomic E-state index is -0.617. The summed E-state index contributed by atoms with van der Waals surface area (Å²) >= 11 is 0. The van der Waals surface area contributed by atoms with Crippen molar-refractivity contribution in [2.45, 2.75) is 58.0 Å². The Morgan fingerprint density at radius 1 is 1.28 bits per heavy atom. The summed E-state index contributed by atoms with van der Waals surface area (Å²) in [6, 6.07) is 3.96. The van der Waals surface area contributed by atoms with Crippen molar-refractivity contribution in [2.24, 2.45) is 0 Å². The van der Waals surface area contributed by atoms with Gasteiger partial charge in [0.15, 0.2) is 0 Å². The highest BCUT2D eigenvalue weighted by Gasteiger charge is 2.38. The van der Waals surface area contributed by atoms with Gasteiger partial charge in [-0.1, -0.05) is 0 Å². The highest BCUT2D eigenvalue weighted by Crippen LogP contribution is 2.24. The first-order chi connectivity index (χ1) is 13.6. The van der Waals surface area contributed by atoms with E-state index in [4.69, 9.17) is 9.47 Å². The molecule has 0 N–H and O–H groups in total. The van der Waals surface area contributed by atoms with E-state index < -0.39 is 16.3 Å². The summed E-state index contributed by atoms with van der Waals surface area (Å²) in [7, 11) is 0. The molecule has 0 atom stereocenters. The fraction of sp³-hybridized carbons (Fsp3) is 0.650. The molecule has 2 aliphatic heterocycles. The standard InChI is InChI=1S/C20H28FN3O5/c1-20(2,3)29-19(25)23-11-16(12-23)22-8-6-17(7-9-22)28-13-14-4-5-15(24(26)27)10-18(14)21/h4-5,10,16-17H,6-9,11-13H2,1-3H3. The van der Waals surface area contributed by atoms with E-state index in [1.54, 1.807) is 4.90 Å². The van der Waals surface area contributed by atoms with Crippen LogP contribution < -0.4 is 0 Å².